The molecule has 114 valence electrons. The molecule has 23 heavy (non-hydrogen) atoms. The molecule has 1 N–H and O–H groups in total. The van der Waals surface area contributed by atoms with E-state index < -0.39 is 5.63 Å². The molecule has 0 radical (unpaired) electrons. The van der Waals surface area contributed by atoms with Crippen molar-refractivity contribution in [2.45, 2.75) is 6.92 Å². The Kier molecular flexibility index (Phi) is 4.01. The van der Waals surface area contributed by atoms with Crippen molar-refractivity contribution in [2.75, 3.05) is 0 Å². The van der Waals surface area contributed by atoms with Crippen LogP contribution in [0.4, 0.5) is 0 Å². The number of rotatable bonds is 3. The Balaban J connectivity index is 1.88. The fourth-order valence-electron chi connectivity index (χ4n) is 2.16. The molecule has 0 saturated carbocycles. The van der Waals surface area contributed by atoms with E-state index in [9.17, 15) is 9.59 Å². The number of para-hydroxylation sites is 1. The summed E-state index contributed by atoms with van der Waals surface area (Å²) in [5.41, 5.74) is 3.66. The number of hydrazone groups is 1. The van der Waals surface area contributed by atoms with Crippen LogP contribution >= 0.6 is 0 Å². The average molecular weight is 306 g/mol. The third-order valence-electron chi connectivity index (χ3n) is 3.39. The zero-order chi connectivity index (χ0) is 16.2. The number of benzene rings is 2. The monoisotopic (exact) mass is 306 g/mol. The van der Waals surface area contributed by atoms with Crippen molar-refractivity contribution in [3.8, 4) is 0 Å². The Bertz CT molecular complexity index is 943. The largest absolute Gasteiger partial charge is 0.422 e. The summed E-state index contributed by atoms with van der Waals surface area (Å²) in [6.45, 7) is 1.65. The van der Waals surface area contributed by atoms with Crippen LogP contribution in [0.25, 0.3) is 11.0 Å². The van der Waals surface area contributed by atoms with E-state index in [0.717, 1.165) is 5.39 Å². The predicted molar refractivity (Wildman–Crippen MR) is 88.6 cm³/mol. The van der Waals surface area contributed by atoms with Crippen LogP contribution in [0.1, 0.15) is 22.8 Å². The van der Waals surface area contributed by atoms with Gasteiger partial charge in [0.2, 0.25) is 0 Å². The van der Waals surface area contributed by atoms with Gasteiger partial charge >= 0.3 is 5.63 Å². The van der Waals surface area contributed by atoms with Gasteiger partial charge in [-0.15, -0.1) is 0 Å². The first kappa shape index (κ1) is 14.7. The second-order valence-corrected chi connectivity index (χ2v) is 4.99. The van der Waals surface area contributed by atoms with Gasteiger partial charge in [0.25, 0.3) is 5.91 Å². The molecule has 3 aromatic rings. The molecule has 2 aromatic carbocycles. The minimum atomic E-state index is -0.487. The molecule has 0 fully saturated rings. The second-order valence-electron chi connectivity index (χ2n) is 4.99. The normalized spacial score (nSPS) is 11.4. The van der Waals surface area contributed by atoms with Crippen LogP contribution < -0.4 is 11.1 Å². The molecule has 0 atom stereocenters. The van der Waals surface area contributed by atoms with Crippen LogP contribution in [-0.2, 0) is 0 Å². The van der Waals surface area contributed by atoms with Gasteiger partial charge in [-0.05, 0) is 31.2 Å². The number of nitrogens with one attached hydrogen (secondary N) is 1. The zero-order valence-electron chi connectivity index (χ0n) is 12.4. The van der Waals surface area contributed by atoms with Gasteiger partial charge in [-0.25, -0.2) is 10.2 Å². The lowest BCUT2D eigenvalue weighted by atomic mass is 10.1. The minimum Gasteiger partial charge on any atom is -0.422 e. The molecule has 1 heterocycles. The fourth-order valence-corrected chi connectivity index (χ4v) is 2.16. The summed E-state index contributed by atoms with van der Waals surface area (Å²) in [6, 6.07) is 17.7. The molecule has 0 unspecified atom stereocenters. The summed E-state index contributed by atoms with van der Waals surface area (Å²) >= 11 is 0. The van der Waals surface area contributed by atoms with Crippen molar-refractivity contribution < 1.29 is 9.21 Å². The van der Waals surface area contributed by atoms with E-state index in [1.165, 1.54) is 0 Å². The van der Waals surface area contributed by atoms with E-state index in [0.29, 0.717) is 22.4 Å². The molecule has 3 rings (SSSR count). The van der Waals surface area contributed by atoms with Crippen molar-refractivity contribution in [1.82, 2.24) is 5.43 Å². The molecule has 0 spiro atoms. The third kappa shape index (κ3) is 3.18. The van der Waals surface area contributed by atoms with Crippen molar-refractivity contribution in [2.24, 2.45) is 5.10 Å². The maximum absolute atomic E-state index is 12.0. The van der Waals surface area contributed by atoms with Crippen LogP contribution in [0, 0.1) is 0 Å². The Morgan fingerprint density at radius 1 is 1.04 bits per heavy atom. The van der Waals surface area contributed by atoms with Crippen LogP contribution in [0.2, 0.25) is 0 Å². The molecule has 0 saturated heterocycles. The summed E-state index contributed by atoms with van der Waals surface area (Å²) in [7, 11) is 0. The van der Waals surface area contributed by atoms with E-state index in [4.69, 9.17) is 4.42 Å². The van der Waals surface area contributed by atoms with E-state index in [-0.39, 0.29) is 5.91 Å². The van der Waals surface area contributed by atoms with Gasteiger partial charge in [-0.1, -0.05) is 36.4 Å². The highest BCUT2D eigenvalue weighted by Gasteiger charge is 2.09. The number of hydrogen-bond acceptors (Lipinski definition) is 4. The van der Waals surface area contributed by atoms with E-state index in [1.54, 1.807) is 49.4 Å². The predicted octanol–water partition coefficient (Wildman–Crippen LogP) is 2.95. The fraction of sp³-hybridized carbons (Fsp3) is 0.0556. The SMILES string of the molecule is CC(=NNC(=O)c1ccccc1)c1cc2ccccc2oc1=O. The topological polar surface area (TPSA) is 71.7 Å². The van der Waals surface area contributed by atoms with E-state index in [1.807, 2.05) is 18.2 Å². The minimum absolute atomic E-state index is 0.317. The number of carbonyl (C=O) groups excluding carboxylic acids is 1. The van der Waals surface area contributed by atoms with Crippen LogP contribution in [-0.4, -0.2) is 11.6 Å². The average Bonchev–Trinajstić information content (AvgIpc) is 2.59. The first-order valence-electron chi connectivity index (χ1n) is 7.08. The molecule has 0 aliphatic heterocycles. The highest BCUT2D eigenvalue weighted by molar-refractivity contribution is 6.02. The smallest absolute Gasteiger partial charge is 0.345 e. The van der Waals surface area contributed by atoms with Crippen LogP contribution in [0.15, 0.2) is 75.0 Å². The number of nitrogens with zero attached hydrogens (tertiary/aromatic N) is 1. The van der Waals surface area contributed by atoms with Crippen molar-refractivity contribution >= 4 is 22.6 Å². The number of carbonyl (C=O) groups is 1. The molecular weight excluding hydrogens is 292 g/mol. The molecule has 1 amide bonds. The first-order chi connectivity index (χ1) is 11.1. The maximum atomic E-state index is 12.0. The molecule has 5 nitrogen and oxygen atoms in total. The van der Waals surface area contributed by atoms with E-state index in [2.05, 4.69) is 10.5 Å². The lowest BCUT2D eigenvalue weighted by molar-refractivity contribution is 0.0955. The van der Waals surface area contributed by atoms with Gasteiger partial charge in [0.1, 0.15) is 5.58 Å². The lowest BCUT2D eigenvalue weighted by Gasteiger charge is -2.03. The molecule has 0 aliphatic carbocycles. The first-order valence-corrected chi connectivity index (χ1v) is 7.08. The zero-order valence-corrected chi connectivity index (χ0v) is 12.4. The summed E-state index contributed by atoms with van der Waals surface area (Å²) in [5, 5.41) is 4.79. The quantitative estimate of drug-likeness (QED) is 0.459. The summed E-state index contributed by atoms with van der Waals surface area (Å²) in [5.74, 6) is -0.338. The molecule has 5 heteroatoms. The Morgan fingerprint density at radius 2 is 1.74 bits per heavy atom. The molecular formula is C18H14N2O3. The van der Waals surface area contributed by atoms with Crippen molar-refractivity contribution in [3.05, 3.63) is 82.2 Å². The highest BCUT2D eigenvalue weighted by Crippen LogP contribution is 2.13. The molecule has 1 aromatic heterocycles. The summed E-state index contributed by atoms with van der Waals surface area (Å²) in [6.07, 6.45) is 0. The van der Waals surface area contributed by atoms with Gasteiger partial charge < -0.3 is 4.42 Å². The summed E-state index contributed by atoms with van der Waals surface area (Å²) < 4.78 is 5.26. The highest BCUT2D eigenvalue weighted by atomic mass is 16.4. The van der Waals surface area contributed by atoms with Gasteiger partial charge in [-0.2, -0.15) is 5.10 Å². The third-order valence-corrected chi connectivity index (χ3v) is 3.39. The van der Waals surface area contributed by atoms with Crippen LogP contribution in [0.3, 0.4) is 0 Å². The maximum Gasteiger partial charge on any atom is 0.345 e. The van der Waals surface area contributed by atoms with E-state index >= 15 is 0 Å². The van der Waals surface area contributed by atoms with Gasteiger partial charge in [0.15, 0.2) is 0 Å². The summed E-state index contributed by atoms with van der Waals surface area (Å²) in [4.78, 5) is 24.0. The number of fused-ring (bicyclic) bond motifs is 1. The van der Waals surface area contributed by atoms with Gasteiger partial charge in [0, 0.05) is 10.9 Å². The lowest BCUT2D eigenvalue weighted by Crippen LogP contribution is -2.21. The second kappa shape index (κ2) is 6.27. The van der Waals surface area contributed by atoms with Crippen molar-refractivity contribution in [1.29, 1.82) is 0 Å². The Hall–Kier alpha value is -3.21. The van der Waals surface area contributed by atoms with Crippen LogP contribution in [0.5, 0.6) is 0 Å². The van der Waals surface area contributed by atoms with Crippen molar-refractivity contribution in [3.63, 3.8) is 0 Å². The standard InChI is InChI=1S/C18H14N2O3/c1-12(19-20-17(21)13-7-3-2-4-8-13)15-11-14-9-5-6-10-16(14)23-18(15)22/h2-11H,1H3,(H,20,21). The number of amides is 1. The molecule has 0 aliphatic rings. The van der Waals surface area contributed by atoms with Gasteiger partial charge in [-0.3, -0.25) is 4.79 Å². The number of hydrogen-bond donors (Lipinski definition) is 1. The van der Waals surface area contributed by atoms with Gasteiger partial charge in [0.05, 0.1) is 11.3 Å². The Labute approximate surface area is 132 Å². The molecule has 0 bridgehead atoms. The Morgan fingerprint density at radius 3 is 2.52 bits per heavy atom.